The number of alkyl halides is 3. The fourth-order valence-electron chi connectivity index (χ4n) is 2.61. The van der Waals surface area contributed by atoms with Gasteiger partial charge in [-0.15, -0.1) is 0 Å². The number of pyridine rings is 1. The minimum absolute atomic E-state index is 0.625. The Hall–Kier alpha value is -3.16. The van der Waals surface area contributed by atoms with Gasteiger partial charge in [-0.05, 0) is 29.8 Å². The maximum absolute atomic E-state index is 12.4. The lowest BCUT2D eigenvalue weighted by Gasteiger charge is -2.05. The van der Waals surface area contributed by atoms with Crippen LogP contribution >= 0.6 is 0 Å². The SMILES string of the molecule is FC(F)(F)Cn1cc(-c2ccc3nn(-c4cccnc4)cc3c2)cn1. The molecule has 0 aliphatic rings. The van der Waals surface area contributed by atoms with Crippen LogP contribution in [0.25, 0.3) is 27.7 Å². The molecule has 0 bridgehead atoms. The number of halogens is 3. The average molecular weight is 343 g/mol. The zero-order valence-corrected chi connectivity index (χ0v) is 12.9. The van der Waals surface area contributed by atoms with Gasteiger partial charge >= 0.3 is 6.18 Å². The quantitative estimate of drug-likeness (QED) is 0.568. The maximum atomic E-state index is 12.4. The number of fused-ring (bicyclic) bond motifs is 1. The molecule has 4 rings (SSSR count). The first-order valence-corrected chi connectivity index (χ1v) is 7.47. The van der Waals surface area contributed by atoms with Crippen LogP contribution in [0, 0.1) is 0 Å². The normalized spacial score (nSPS) is 12.0. The summed E-state index contributed by atoms with van der Waals surface area (Å²) in [7, 11) is 0. The lowest BCUT2D eigenvalue weighted by Crippen LogP contribution is -2.17. The first-order chi connectivity index (χ1) is 12.0. The summed E-state index contributed by atoms with van der Waals surface area (Å²) >= 11 is 0. The summed E-state index contributed by atoms with van der Waals surface area (Å²) in [5, 5.41) is 9.14. The van der Waals surface area contributed by atoms with Crippen molar-refractivity contribution in [2.45, 2.75) is 12.7 Å². The van der Waals surface area contributed by atoms with Crippen LogP contribution in [-0.4, -0.2) is 30.7 Å². The van der Waals surface area contributed by atoms with Gasteiger partial charge in [-0.2, -0.15) is 23.4 Å². The van der Waals surface area contributed by atoms with Crippen molar-refractivity contribution in [1.29, 1.82) is 0 Å². The molecular weight excluding hydrogens is 331 g/mol. The van der Waals surface area contributed by atoms with Crippen LogP contribution in [0.3, 0.4) is 0 Å². The van der Waals surface area contributed by atoms with Gasteiger partial charge in [0.2, 0.25) is 0 Å². The molecule has 0 radical (unpaired) electrons. The summed E-state index contributed by atoms with van der Waals surface area (Å²) in [6, 6.07) is 9.24. The molecule has 4 aromatic rings. The van der Waals surface area contributed by atoms with Crippen LogP contribution in [0.1, 0.15) is 0 Å². The molecule has 3 heterocycles. The smallest absolute Gasteiger partial charge is 0.263 e. The topological polar surface area (TPSA) is 48.5 Å². The number of benzene rings is 1. The van der Waals surface area contributed by atoms with Gasteiger partial charge in [-0.3, -0.25) is 9.67 Å². The minimum Gasteiger partial charge on any atom is -0.263 e. The fraction of sp³-hybridized carbons (Fsp3) is 0.118. The predicted molar refractivity (Wildman–Crippen MR) is 86.1 cm³/mol. The van der Waals surface area contributed by atoms with Crippen molar-refractivity contribution < 1.29 is 13.2 Å². The molecule has 126 valence electrons. The Morgan fingerprint density at radius 1 is 1.00 bits per heavy atom. The molecule has 0 aliphatic heterocycles. The largest absolute Gasteiger partial charge is 0.408 e. The fourth-order valence-corrected chi connectivity index (χ4v) is 2.61. The van der Waals surface area contributed by atoms with Crippen molar-refractivity contribution in [3.63, 3.8) is 0 Å². The van der Waals surface area contributed by atoms with Crippen LogP contribution in [0.2, 0.25) is 0 Å². The number of rotatable bonds is 3. The summed E-state index contributed by atoms with van der Waals surface area (Å²) in [4.78, 5) is 4.06. The Balaban J connectivity index is 1.67. The van der Waals surface area contributed by atoms with E-state index in [1.165, 1.54) is 12.4 Å². The standard InChI is InChI=1S/C17H12F3N5/c18-17(19,20)11-24-9-14(7-22-24)12-3-4-16-13(6-12)10-25(23-16)15-2-1-5-21-8-15/h1-10H,11H2. The van der Waals surface area contributed by atoms with Crippen LogP contribution < -0.4 is 0 Å². The van der Waals surface area contributed by atoms with Gasteiger partial charge in [0.25, 0.3) is 0 Å². The molecule has 0 atom stereocenters. The van der Waals surface area contributed by atoms with Crippen molar-refractivity contribution in [3.05, 3.63) is 61.3 Å². The second-order valence-corrected chi connectivity index (χ2v) is 5.60. The summed E-state index contributed by atoms with van der Waals surface area (Å²) < 4.78 is 39.9. The lowest BCUT2D eigenvalue weighted by molar-refractivity contribution is -0.142. The van der Waals surface area contributed by atoms with E-state index in [2.05, 4.69) is 15.2 Å². The van der Waals surface area contributed by atoms with E-state index in [1.807, 2.05) is 36.5 Å². The Bertz CT molecular complexity index is 1020. The Morgan fingerprint density at radius 3 is 2.64 bits per heavy atom. The highest BCUT2D eigenvalue weighted by atomic mass is 19.4. The molecule has 0 unspecified atom stereocenters. The van der Waals surface area contributed by atoms with Crippen LogP contribution in [0.4, 0.5) is 13.2 Å². The van der Waals surface area contributed by atoms with Crippen molar-refractivity contribution in [3.8, 4) is 16.8 Å². The molecule has 0 saturated carbocycles. The monoisotopic (exact) mass is 343 g/mol. The van der Waals surface area contributed by atoms with Crippen LogP contribution in [0.5, 0.6) is 0 Å². The van der Waals surface area contributed by atoms with Crippen molar-refractivity contribution >= 4 is 10.9 Å². The van der Waals surface area contributed by atoms with E-state index in [4.69, 9.17) is 0 Å². The molecule has 3 aromatic heterocycles. The summed E-state index contributed by atoms with van der Waals surface area (Å²) in [6.45, 7) is -1.10. The third-order valence-electron chi connectivity index (χ3n) is 3.72. The highest BCUT2D eigenvalue weighted by molar-refractivity contribution is 5.84. The molecule has 5 nitrogen and oxygen atoms in total. The van der Waals surface area contributed by atoms with E-state index in [-0.39, 0.29) is 0 Å². The van der Waals surface area contributed by atoms with Gasteiger partial charge in [-0.25, -0.2) is 4.68 Å². The Morgan fingerprint density at radius 2 is 1.88 bits per heavy atom. The Kier molecular flexibility index (Phi) is 3.52. The molecule has 0 saturated heterocycles. The zero-order chi connectivity index (χ0) is 17.4. The first kappa shape index (κ1) is 15.4. The van der Waals surface area contributed by atoms with Gasteiger partial charge in [0.05, 0.1) is 23.6 Å². The van der Waals surface area contributed by atoms with E-state index >= 15 is 0 Å². The van der Waals surface area contributed by atoms with E-state index in [9.17, 15) is 13.2 Å². The molecule has 0 amide bonds. The third-order valence-corrected chi connectivity index (χ3v) is 3.72. The summed E-state index contributed by atoms with van der Waals surface area (Å²) in [6.07, 6.45) is 3.77. The van der Waals surface area contributed by atoms with Crippen LogP contribution in [0.15, 0.2) is 61.3 Å². The molecule has 0 spiro atoms. The van der Waals surface area contributed by atoms with E-state index in [0.29, 0.717) is 5.56 Å². The van der Waals surface area contributed by atoms with Crippen molar-refractivity contribution in [2.75, 3.05) is 0 Å². The number of nitrogens with zero attached hydrogens (tertiary/aromatic N) is 5. The molecule has 1 aromatic carbocycles. The summed E-state index contributed by atoms with van der Waals surface area (Å²) in [5.74, 6) is 0. The van der Waals surface area contributed by atoms with E-state index in [0.717, 1.165) is 26.8 Å². The van der Waals surface area contributed by atoms with Crippen LogP contribution in [-0.2, 0) is 6.54 Å². The Labute approximate surface area is 140 Å². The average Bonchev–Trinajstić information content (AvgIpc) is 3.20. The molecular formula is C17H12F3N5. The van der Waals surface area contributed by atoms with Gasteiger partial charge in [-0.1, -0.05) is 6.07 Å². The second kappa shape index (κ2) is 5.73. The lowest BCUT2D eigenvalue weighted by atomic mass is 10.1. The molecule has 0 fully saturated rings. The molecule has 25 heavy (non-hydrogen) atoms. The first-order valence-electron chi connectivity index (χ1n) is 7.47. The maximum Gasteiger partial charge on any atom is 0.408 e. The molecule has 8 heteroatoms. The van der Waals surface area contributed by atoms with Gasteiger partial charge in [0, 0.05) is 29.5 Å². The van der Waals surface area contributed by atoms with E-state index < -0.39 is 12.7 Å². The number of hydrogen-bond donors (Lipinski definition) is 0. The highest BCUT2D eigenvalue weighted by Gasteiger charge is 2.28. The summed E-state index contributed by atoms with van der Waals surface area (Å²) in [5.41, 5.74) is 3.03. The van der Waals surface area contributed by atoms with Crippen molar-refractivity contribution in [1.82, 2.24) is 24.5 Å². The van der Waals surface area contributed by atoms with Gasteiger partial charge in [0.1, 0.15) is 6.54 Å². The highest BCUT2D eigenvalue weighted by Crippen LogP contribution is 2.25. The van der Waals surface area contributed by atoms with E-state index in [1.54, 1.807) is 17.1 Å². The van der Waals surface area contributed by atoms with Gasteiger partial charge < -0.3 is 0 Å². The molecule has 0 N–H and O–H groups in total. The third kappa shape index (κ3) is 3.23. The van der Waals surface area contributed by atoms with Crippen molar-refractivity contribution in [2.24, 2.45) is 0 Å². The predicted octanol–water partition coefficient (Wildman–Crippen LogP) is 3.85. The number of hydrogen-bond acceptors (Lipinski definition) is 3. The minimum atomic E-state index is -4.29. The van der Waals surface area contributed by atoms with Gasteiger partial charge in [0.15, 0.2) is 0 Å². The zero-order valence-electron chi connectivity index (χ0n) is 12.9. The number of aromatic nitrogens is 5. The molecule has 0 aliphatic carbocycles. The second-order valence-electron chi connectivity index (χ2n) is 5.60.